The molecule has 0 saturated heterocycles. The highest BCUT2D eigenvalue weighted by Gasteiger charge is 2.18. The van der Waals surface area contributed by atoms with E-state index in [-0.39, 0.29) is 21.5 Å². The van der Waals surface area contributed by atoms with Gasteiger partial charge in [0.25, 0.3) is 0 Å². The average molecular weight is 848 g/mol. The Morgan fingerprint density at radius 3 is 1.10 bits per heavy atom. The SMILES string of the molecule is C=CCCCCCCCCOc1ccc(-c2ccc(C(=O)Oc3cc(OC(=O)c4ccc(-c5ccc(OCCCCCCCCC=C)cc5)cc4)c(Cl)cc3Cl)cc2)cc1. The summed E-state index contributed by atoms with van der Waals surface area (Å²) in [5, 5.41) is 0.190. The molecule has 0 N–H and O–H groups in total. The molecule has 0 bridgehead atoms. The van der Waals surface area contributed by atoms with Crippen LogP contribution in [0.5, 0.6) is 23.0 Å². The topological polar surface area (TPSA) is 71.1 Å². The number of rotatable bonds is 26. The molecule has 0 aliphatic heterocycles. The van der Waals surface area contributed by atoms with Crippen LogP contribution in [0.2, 0.25) is 10.0 Å². The third-order valence-corrected chi connectivity index (χ3v) is 10.7. The number of esters is 2. The van der Waals surface area contributed by atoms with Gasteiger partial charge < -0.3 is 18.9 Å². The molecule has 5 aromatic carbocycles. The second-order valence-electron chi connectivity index (χ2n) is 14.8. The average Bonchev–Trinajstić information content (AvgIpc) is 3.27. The van der Waals surface area contributed by atoms with Gasteiger partial charge in [-0.15, -0.1) is 13.2 Å². The Morgan fingerprint density at radius 1 is 0.433 bits per heavy atom. The molecule has 0 spiro atoms. The van der Waals surface area contributed by atoms with Crippen LogP contribution in [0.25, 0.3) is 22.3 Å². The van der Waals surface area contributed by atoms with Crippen LogP contribution >= 0.6 is 23.2 Å². The minimum Gasteiger partial charge on any atom is -0.494 e. The molecule has 0 atom stereocenters. The fourth-order valence-electron chi connectivity index (χ4n) is 6.64. The Bertz CT molecular complexity index is 1940. The van der Waals surface area contributed by atoms with Crippen molar-refractivity contribution < 1.29 is 28.5 Å². The lowest BCUT2D eigenvalue weighted by molar-refractivity contribution is 0.0733. The van der Waals surface area contributed by atoms with E-state index in [1.807, 2.05) is 84.9 Å². The van der Waals surface area contributed by atoms with Gasteiger partial charge in [-0.25, -0.2) is 9.59 Å². The first kappa shape index (κ1) is 45.8. The van der Waals surface area contributed by atoms with Gasteiger partial charge in [-0.1, -0.05) is 135 Å². The Balaban J connectivity index is 1.07. The van der Waals surface area contributed by atoms with Crippen molar-refractivity contribution in [2.45, 2.75) is 89.9 Å². The first-order valence-corrected chi connectivity index (χ1v) is 21.9. The number of halogens is 2. The predicted molar refractivity (Wildman–Crippen MR) is 246 cm³/mol. The van der Waals surface area contributed by atoms with Crippen molar-refractivity contribution in [3.05, 3.63) is 156 Å². The van der Waals surface area contributed by atoms with Crippen LogP contribution in [-0.2, 0) is 0 Å². The molecule has 5 aromatic rings. The van der Waals surface area contributed by atoms with Gasteiger partial charge in [0.05, 0.1) is 34.4 Å². The standard InChI is InChI=1S/C52H56Cl2O6/c1-3-5-7-9-11-13-15-17-35-57-45-31-27-41(28-32-45)39-19-23-43(24-20-39)51(55)59-49-38-50(48(54)37-47(49)53)60-52(56)44-25-21-40(22-26-44)42-29-33-46(34-30-42)58-36-18-16-14-12-10-8-6-4-2/h3-4,19-34,37-38H,1-2,5-18,35-36H2. The molecule has 0 aliphatic carbocycles. The van der Waals surface area contributed by atoms with E-state index in [0.717, 1.165) is 59.4 Å². The third-order valence-electron chi connectivity index (χ3n) is 10.2. The normalized spacial score (nSPS) is 10.8. The second-order valence-corrected chi connectivity index (χ2v) is 15.6. The lowest BCUT2D eigenvalue weighted by Gasteiger charge is -2.12. The van der Waals surface area contributed by atoms with E-state index < -0.39 is 11.9 Å². The summed E-state index contributed by atoms with van der Waals surface area (Å²) in [4.78, 5) is 26.3. The fourth-order valence-corrected chi connectivity index (χ4v) is 7.11. The van der Waals surface area contributed by atoms with E-state index >= 15 is 0 Å². The number of unbranched alkanes of at least 4 members (excludes halogenated alkanes) is 12. The minimum atomic E-state index is -0.625. The third kappa shape index (κ3) is 15.1. The number of ether oxygens (including phenoxy) is 4. The summed E-state index contributed by atoms with van der Waals surface area (Å²) in [6, 6.07) is 32.7. The fraction of sp³-hybridized carbons (Fsp3) is 0.308. The van der Waals surface area contributed by atoms with Crippen molar-refractivity contribution in [2.24, 2.45) is 0 Å². The maximum absolute atomic E-state index is 13.2. The highest BCUT2D eigenvalue weighted by atomic mass is 35.5. The zero-order valence-corrected chi connectivity index (χ0v) is 36.0. The Labute approximate surface area is 366 Å². The smallest absolute Gasteiger partial charge is 0.343 e. The van der Waals surface area contributed by atoms with Crippen LogP contribution in [0, 0.1) is 0 Å². The molecule has 5 rings (SSSR count). The van der Waals surface area contributed by atoms with E-state index in [0.29, 0.717) is 24.3 Å². The highest BCUT2D eigenvalue weighted by molar-refractivity contribution is 6.36. The zero-order valence-electron chi connectivity index (χ0n) is 34.5. The molecule has 0 radical (unpaired) electrons. The number of allylic oxidation sites excluding steroid dienone is 2. The zero-order chi connectivity index (χ0) is 42.4. The first-order valence-electron chi connectivity index (χ1n) is 21.2. The molecular formula is C52H56Cl2O6. The lowest BCUT2D eigenvalue weighted by Crippen LogP contribution is -2.11. The quantitative estimate of drug-likeness (QED) is 0.0239. The second kappa shape index (κ2) is 25.4. The van der Waals surface area contributed by atoms with Gasteiger partial charge >= 0.3 is 11.9 Å². The molecule has 0 amide bonds. The number of carbonyl (C=O) groups is 2. The number of benzene rings is 5. The summed E-state index contributed by atoms with van der Waals surface area (Å²) in [5.41, 5.74) is 4.50. The van der Waals surface area contributed by atoms with Gasteiger partial charge in [0.15, 0.2) is 11.5 Å². The van der Waals surface area contributed by atoms with Gasteiger partial charge in [-0.2, -0.15) is 0 Å². The van der Waals surface area contributed by atoms with Crippen LogP contribution in [0.1, 0.15) is 111 Å². The Hall–Kier alpha value is -5.30. The summed E-state index contributed by atoms with van der Waals surface area (Å²) in [7, 11) is 0. The predicted octanol–water partition coefficient (Wildman–Crippen LogP) is 15.4. The molecule has 314 valence electrons. The number of carbonyl (C=O) groups excluding carboxylic acids is 2. The lowest BCUT2D eigenvalue weighted by atomic mass is 10.0. The Kier molecular flexibility index (Phi) is 19.3. The Morgan fingerprint density at radius 2 is 0.750 bits per heavy atom. The maximum Gasteiger partial charge on any atom is 0.343 e. The molecule has 60 heavy (non-hydrogen) atoms. The molecule has 0 heterocycles. The highest BCUT2D eigenvalue weighted by Crippen LogP contribution is 2.37. The molecule has 6 nitrogen and oxygen atoms in total. The monoisotopic (exact) mass is 846 g/mol. The van der Waals surface area contributed by atoms with E-state index in [1.54, 1.807) is 24.3 Å². The number of hydrogen-bond acceptors (Lipinski definition) is 6. The van der Waals surface area contributed by atoms with Crippen LogP contribution in [0.4, 0.5) is 0 Å². The van der Waals surface area contributed by atoms with Crippen molar-refractivity contribution in [3.63, 3.8) is 0 Å². The van der Waals surface area contributed by atoms with Crippen molar-refractivity contribution in [1.29, 1.82) is 0 Å². The van der Waals surface area contributed by atoms with E-state index in [9.17, 15) is 9.59 Å². The van der Waals surface area contributed by atoms with Crippen molar-refractivity contribution in [1.82, 2.24) is 0 Å². The molecule has 0 aliphatic rings. The van der Waals surface area contributed by atoms with Crippen LogP contribution in [0.3, 0.4) is 0 Å². The van der Waals surface area contributed by atoms with Crippen LogP contribution < -0.4 is 18.9 Å². The number of hydrogen-bond donors (Lipinski definition) is 0. The molecule has 8 heteroatoms. The van der Waals surface area contributed by atoms with Crippen LogP contribution in [-0.4, -0.2) is 25.2 Å². The van der Waals surface area contributed by atoms with E-state index in [4.69, 9.17) is 42.1 Å². The van der Waals surface area contributed by atoms with Gasteiger partial charge in [-0.3, -0.25) is 0 Å². The van der Waals surface area contributed by atoms with Crippen LogP contribution in [0.15, 0.2) is 135 Å². The summed E-state index contributed by atoms with van der Waals surface area (Å²) < 4.78 is 23.1. The van der Waals surface area contributed by atoms with Gasteiger partial charge in [0, 0.05) is 6.07 Å². The molecule has 0 unspecified atom stereocenters. The van der Waals surface area contributed by atoms with Crippen molar-refractivity contribution >= 4 is 35.1 Å². The van der Waals surface area contributed by atoms with Crippen molar-refractivity contribution in [3.8, 4) is 45.3 Å². The van der Waals surface area contributed by atoms with Crippen molar-refractivity contribution in [2.75, 3.05) is 13.2 Å². The summed E-state index contributed by atoms with van der Waals surface area (Å²) in [6.07, 6.45) is 20.5. The van der Waals surface area contributed by atoms with E-state index in [1.165, 1.54) is 76.3 Å². The summed E-state index contributed by atoms with van der Waals surface area (Å²) >= 11 is 12.8. The summed E-state index contributed by atoms with van der Waals surface area (Å²) in [5.74, 6) is 0.431. The minimum absolute atomic E-state index is 0.00901. The largest absolute Gasteiger partial charge is 0.494 e. The van der Waals surface area contributed by atoms with Gasteiger partial charge in [-0.05, 0) is 115 Å². The molecule has 0 aromatic heterocycles. The van der Waals surface area contributed by atoms with Gasteiger partial charge in [0.2, 0.25) is 0 Å². The maximum atomic E-state index is 13.2. The summed E-state index contributed by atoms with van der Waals surface area (Å²) in [6.45, 7) is 8.95. The first-order chi connectivity index (χ1) is 29.3. The molecule has 0 fully saturated rings. The molecular weight excluding hydrogens is 791 g/mol. The van der Waals surface area contributed by atoms with Gasteiger partial charge in [0.1, 0.15) is 11.5 Å². The molecule has 0 saturated carbocycles. The van der Waals surface area contributed by atoms with E-state index in [2.05, 4.69) is 13.2 Å².